The molecule has 1 heterocycles. The molecule has 1 amide bonds. The largest absolute Gasteiger partial charge is 0.494 e. The Labute approximate surface area is 149 Å². The first-order chi connectivity index (χ1) is 12.1. The first kappa shape index (κ1) is 17.4. The second-order valence-corrected chi connectivity index (χ2v) is 6.53. The van der Waals surface area contributed by atoms with Gasteiger partial charge in [0.15, 0.2) is 4.80 Å². The molecule has 25 heavy (non-hydrogen) atoms. The van der Waals surface area contributed by atoms with Crippen molar-refractivity contribution in [3.63, 3.8) is 0 Å². The molecule has 0 saturated carbocycles. The van der Waals surface area contributed by atoms with Crippen molar-refractivity contribution in [2.75, 3.05) is 6.61 Å². The third-order valence-electron chi connectivity index (χ3n) is 3.70. The predicted molar refractivity (Wildman–Crippen MR) is 97.6 cm³/mol. The Bertz CT molecular complexity index is 958. The molecule has 0 unspecified atom stereocenters. The number of aryl methyl sites for hydroxylation is 1. The van der Waals surface area contributed by atoms with E-state index in [0.29, 0.717) is 17.0 Å². The second-order valence-electron chi connectivity index (χ2n) is 5.52. The van der Waals surface area contributed by atoms with Gasteiger partial charge in [-0.05, 0) is 55.8 Å². The third kappa shape index (κ3) is 3.79. The zero-order valence-corrected chi connectivity index (χ0v) is 15.0. The molecule has 130 valence electrons. The monoisotopic (exact) mass is 358 g/mol. The number of halogens is 1. The number of amides is 1. The van der Waals surface area contributed by atoms with Crippen LogP contribution in [0.1, 0.15) is 30.6 Å². The van der Waals surface area contributed by atoms with Crippen LogP contribution in [-0.4, -0.2) is 17.1 Å². The maximum Gasteiger partial charge on any atom is 0.279 e. The molecule has 0 aliphatic rings. The Morgan fingerprint density at radius 1 is 1.20 bits per heavy atom. The molecule has 6 heteroatoms. The standard InChI is InChI=1S/C19H19FN2O2S/c1-3-11-22-16-10-9-15(24-4-2)12-17(16)25-19(22)21-18(23)13-5-7-14(20)8-6-13/h5-10,12H,3-4,11H2,1-2H3. The summed E-state index contributed by atoms with van der Waals surface area (Å²) in [7, 11) is 0. The highest BCUT2D eigenvalue weighted by molar-refractivity contribution is 7.16. The van der Waals surface area contributed by atoms with E-state index in [0.717, 1.165) is 28.9 Å². The van der Waals surface area contributed by atoms with Crippen LogP contribution in [0.4, 0.5) is 4.39 Å². The molecule has 0 bridgehead atoms. The maximum atomic E-state index is 13.0. The van der Waals surface area contributed by atoms with E-state index < -0.39 is 0 Å². The van der Waals surface area contributed by atoms with Crippen LogP contribution in [0, 0.1) is 5.82 Å². The normalized spacial score (nSPS) is 11.9. The van der Waals surface area contributed by atoms with Gasteiger partial charge in [0.25, 0.3) is 5.91 Å². The number of carbonyl (C=O) groups is 1. The molecular weight excluding hydrogens is 339 g/mol. The van der Waals surface area contributed by atoms with Crippen molar-refractivity contribution in [1.29, 1.82) is 0 Å². The zero-order valence-electron chi connectivity index (χ0n) is 14.2. The summed E-state index contributed by atoms with van der Waals surface area (Å²) in [5, 5.41) is 0. The third-order valence-corrected chi connectivity index (χ3v) is 4.74. The molecule has 4 nitrogen and oxygen atoms in total. The topological polar surface area (TPSA) is 43.6 Å². The lowest BCUT2D eigenvalue weighted by atomic mass is 10.2. The summed E-state index contributed by atoms with van der Waals surface area (Å²) in [5.74, 6) is 0.0562. The lowest BCUT2D eigenvalue weighted by Crippen LogP contribution is -2.16. The first-order valence-corrected chi connectivity index (χ1v) is 9.04. The van der Waals surface area contributed by atoms with Gasteiger partial charge in [0, 0.05) is 12.1 Å². The number of benzene rings is 2. The zero-order chi connectivity index (χ0) is 17.8. The lowest BCUT2D eigenvalue weighted by Gasteiger charge is -2.05. The van der Waals surface area contributed by atoms with Gasteiger partial charge >= 0.3 is 0 Å². The van der Waals surface area contributed by atoms with E-state index >= 15 is 0 Å². The van der Waals surface area contributed by atoms with E-state index in [9.17, 15) is 9.18 Å². The van der Waals surface area contributed by atoms with Crippen LogP contribution in [-0.2, 0) is 6.54 Å². The fourth-order valence-electron chi connectivity index (χ4n) is 2.58. The Hall–Kier alpha value is -2.47. The smallest absolute Gasteiger partial charge is 0.279 e. The summed E-state index contributed by atoms with van der Waals surface area (Å²) in [5.41, 5.74) is 1.40. The highest BCUT2D eigenvalue weighted by Crippen LogP contribution is 2.23. The van der Waals surface area contributed by atoms with Crippen molar-refractivity contribution in [2.45, 2.75) is 26.8 Å². The Balaban J connectivity index is 2.08. The summed E-state index contributed by atoms with van der Waals surface area (Å²) in [6.45, 7) is 5.39. The molecule has 0 radical (unpaired) electrons. The summed E-state index contributed by atoms with van der Waals surface area (Å²) < 4.78 is 21.6. The quantitative estimate of drug-likeness (QED) is 0.679. The average Bonchev–Trinajstić information content (AvgIpc) is 2.93. The number of aromatic nitrogens is 1. The van der Waals surface area contributed by atoms with Crippen LogP contribution in [0.5, 0.6) is 5.75 Å². The molecule has 0 atom stereocenters. The highest BCUT2D eigenvalue weighted by atomic mass is 32.1. The Morgan fingerprint density at radius 3 is 2.64 bits per heavy atom. The fraction of sp³-hybridized carbons (Fsp3) is 0.263. The minimum atomic E-state index is -0.374. The van der Waals surface area contributed by atoms with Gasteiger partial charge < -0.3 is 9.30 Å². The molecule has 1 aromatic heterocycles. The molecule has 3 rings (SSSR count). The van der Waals surface area contributed by atoms with Gasteiger partial charge in [0.2, 0.25) is 0 Å². The summed E-state index contributed by atoms with van der Waals surface area (Å²) in [6.07, 6.45) is 0.928. The van der Waals surface area contributed by atoms with Gasteiger partial charge in [-0.3, -0.25) is 4.79 Å². The van der Waals surface area contributed by atoms with Crippen LogP contribution >= 0.6 is 11.3 Å². The van der Waals surface area contributed by atoms with E-state index in [-0.39, 0.29) is 11.7 Å². The molecule has 0 saturated heterocycles. The van der Waals surface area contributed by atoms with E-state index in [1.54, 1.807) is 0 Å². The minimum Gasteiger partial charge on any atom is -0.494 e. The molecule has 0 aliphatic heterocycles. The van der Waals surface area contributed by atoms with E-state index in [2.05, 4.69) is 11.9 Å². The molecule has 2 aromatic carbocycles. The number of thiazole rings is 1. The number of hydrogen-bond donors (Lipinski definition) is 0. The van der Waals surface area contributed by atoms with E-state index in [1.165, 1.54) is 35.6 Å². The van der Waals surface area contributed by atoms with Crippen LogP contribution < -0.4 is 9.54 Å². The van der Waals surface area contributed by atoms with E-state index in [1.807, 2.05) is 29.7 Å². The SMILES string of the molecule is CCCn1c(=NC(=O)c2ccc(F)cc2)sc2cc(OCC)ccc21. The van der Waals surface area contributed by atoms with Crippen molar-refractivity contribution in [2.24, 2.45) is 4.99 Å². The minimum absolute atomic E-state index is 0.372. The molecule has 0 aliphatic carbocycles. The summed E-state index contributed by atoms with van der Waals surface area (Å²) in [6, 6.07) is 11.3. The lowest BCUT2D eigenvalue weighted by molar-refractivity contribution is 0.0998. The van der Waals surface area contributed by atoms with Crippen molar-refractivity contribution in [3.05, 3.63) is 58.6 Å². The van der Waals surface area contributed by atoms with E-state index in [4.69, 9.17) is 4.74 Å². The van der Waals surface area contributed by atoms with Gasteiger partial charge in [-0.2, -0.15) is 4.99 Å². The predicted octanol–water partition coefficient (Wildman–Crippen LogP) is 4.39. The fourth-order valence-corrected chi connectivity index (χ4v) is 3.66. The number of rotatable bonds is 5. The van der Waals surface area contributed by atoms with Gasteiger partial charge in [-0.25, -0.2) is 4.39 Å². The van der Waals surface area contributed by atoms with Crippen molar-refractivity contribution in [1.82, 2.24) is 4.57 Å². The number of carbonyl (C=O) groups excluding carboxylic acids is 1. The van der Waals surface area contributed by atoms with Gasteiger partial charge in [-0.15, -0.1) is 0 Å². The Kier molecular flexibility index (Phi) is 5.28. The maximum absolute atomic E-state index is 13.0. The molecular formula is C19H19FN2O2S. The number of nitrogens with zero attached hydrogens (tertiary/aromatic N) is 2. The number of hydrogen-bond acceptors (Lipinski definition) is 3. The van der Waals surface area contributed by atoms with Crippen LogP contribution in [0.25, 0.3) is 10.2 Å². The first-order valence-electron chi connectivity index (χ1n) is 8.23. The summed E-state index contributed by atoms with van der Waals surface area (Å²) >= 11 is 1.45. The molecule has 0 spiro atoms. The summed E-state index contributed by atoms with van der Waals surface area (Å²) in [4.78, 5) is 17.3. The Morgan fingerprint density at radius 2 is 1.96 bits per heavy atom. The van der Waals surface area contributed by atoms with Gasteiger partial charge in [0.1, 0.15) is 11.6 Å². The van der Waals surface area contributed by atoms with Crippen LogP contribution in [0.2, 0.25) is 0 Å². The van der Waals surface area contributed by atoms with Gasteiger partial charge in [-0.1, -0.05) is 18.3 Å². The van der Waals surface area contributed by atoms with Crippen LogP contribution in [0.3, 0.4) is 0 Å². The molecule has 0 N–H and O–H groups in total. The number of ether oxygens (including phenoxy) is 1. The van der Waals surface area contributed by atoms with Crippen molar-refractivity contribution < 1.29 is 13.9 Å². The number of fused-ring (bicyclic) bond motifs is 1. The van der Waals surface area contributed by atoms with Gasteiger partial charge in [0.05, 0.1) is 16.8 Å². The van der Waals surface area contributed by atoms with Crippen LogP contribution in [0.15, 0.2) is 47.5 Å². The van der Waals surface area contributed by atoms with Crippen molar-refractivity contribution >= 4 is 27.5 Å². The highest BCUT2D eigenvalue weighted by Gasteiger charge is 2.10. The average molecular weight is 358 g/mol. The van der Waals surface area contributed by atoms with Crippen molar-refractivity contribution in [3.8, 4) is 5.75 Å². The molecule has 0 fully saturated rings. The second kappa shape index (κ2) is 7.61. The molecule has 3 aromatic rings.